The van der Waals surface area contributed by atoms with Crippen LogP contribution in [0.4, 0.5) is 0 Å². The Kier molecular flexibility index (Phi) is 2.73. The summed E-state index contributed by atoms with van der Waals surface area (Å²) < 4.78 is -1.59. The molecular formula is C2H3Cl3N2. The van der Waals surface area contributed by atoms with Gasteiger partial charge >= 0.3 is 0 Å². The summed E-state index contributed by atoms with van der Waals surface area (Å²) in [5.41, 5.74) is 4.77. The van der Waals surface area contributed by atoms with Crippen LogP contribution in [-0.2, 0) is 0 Å². The molecule has 0 saturated carbocycles. The van der Waals surface area contributed by atoms with Gasteiger partial charge in [0, 0.05) is 0 Å². The van der Waals surface area contributed by atoms with Crippen LogP contribution >= 0.6 is 34.8 Å². The summed E-state index contributed by atoms with van der Waals surface area (Å²) in [6.07, 6.45) is 0.938. The highest BCUT2D eigenvalue weighted by atomic mass is 35.6. The Morgan fingerprint density at radius 2 is 1.86 bits per heavy atom. The van der Waals surface area contributed by atoms with E-state index >= 15 is 0 Å². The molecule has 0 rings (SSSR count). The zero-order valence-electron chi connectivity index (χ0n) is 3.24. The zero-order valence-corrected chi connectivity index (χ0v) is 5.50. The molecule has 0 fully saturated rings. The van der Waals surface area contributed by atoms with Crippen molar-refractivity contribution in [2.24, 2.45) is 10.7 Å². The van der Waals surface area contributed by atoms with Crippen molar-refractivity contribution >= 4 is 41.1 Å². The molecule has 2 nitrogen and oxygen atoms in total. The predicted molar refractivity (Wildman–Crippen MR) is 33.0 cm³/mol. The van der Waals surface area contributed by atoms with Crippen molar-refractivity contribution in [3.05, 3.63) is 0 Å². The van der Waals surface area contributed by atoms with E-state index in [1.165, 1.54) is 0 Å². The Morgan fingerprint density at radius 1 is 1.43 bits per heavy atom. The second-order valence-corrected chi connectivity index (χ2v) is 2.97. The van der Waals surface area contributed by atoms with E-state index in [0.29, 0.717) is 0 Å². The third kappa shape index (κ3) is 6.34. The number of nitrogens with zero attached hydrogens (tertiary/aromatic N) is 1. The molecule has 0 unspecified atom stereocenters. The van der Waals surface area contributed by atoms with Crippen LogP contribution in [0.1, 0.15) is 0 Å². The molecule has 0 aromatic carbocycles. The Hall–Kier alpha value is 0.340. The van der Waals surface area contributed by atoms with Crippen LogP contribution in [0.2, 0.25) is 0 Å². The SMILES string of the molecule is N/C=N/C(Cl)(Cl)Cl. The maximum Gasteiger partial charge on any atom is 0.286 e. The fourth-order valence-electron chi connectivity index (χ4n) is 0.0845. The van der Waals surface area contributed by atoms with Gasteiger partial charge in [0.1, 0.15) is 0 Å². The van der Waals surface area contributed by atoms with Crippen LogP contribution in [0, 0.1) is 0 Å². The number of hydrogen-bond donors (Lipinski definition) is 1. The number of hydrogen-bond acceptors (Lipinski definition) is 1. The second-order valence-electron chi connectivity index (χ2n) is 0.746. The predicted octanol–water partition coefficient (Wildman–Crippen LogP) is 1.30. The molecule has 0 heterocycles. The summed E-state index contributed by atoms with van der Waals surface area (Å²) in [6.45, 7) is 0. The van der Waals surface area contributed by atoms with Crippen LogP contribution in [-0.4, -0.2) is 10.3 Å². The number of halogens is 3. The summed E-state index contributed by atoms with van der Waals surface area (Å²) in [7, 11) is 0. The van der Waals surface area contributed by atoms with Crippen molar-refractivity contribution in [3.63, 3.8) is 0 Å². The molecule has 0 aromatic heterocycles. The lowest BCUT2D eigenvalue weighted by Gasteiger charge is -1.98. The van der Waals surface area contributed by atoms with Gasteiger partial charge < -0.3 is 5.73 Å². The molecule has 0 aliphatic heterocycles. The van der Waals surface area contributed by atoms with Crippen molar-refractivity contribution in [3.8, 4) is 0 Å². The maximum atomic E-state index is 5.09. The van der Waals surface area contributed by atoms with E-state index < -0.39 is 3.92 Å². The standard InChI is InChI=1S/C2H3Cl3N2/c3-2(4,5)7-1-6/h1H,(H2,6,7). The summed E-state index contributed by atoms with van der Waals surface area (Å²) in [5.74, 6) is 0. The van der Waals surface area contributed by atoms with Crippen molar-refractivity contribution < 1.29 is 0 Å². The molecule has 0 aliphatic carbocycles. The van der Waals surface area contributed by atoms with Crippen molar-refractivity contribution in [1.29, 1.82) is 0 Å². The first-order valence-electron chi connectivity index (χ1n) is 1.38. The quantitative estimate of drug-likeness (QED) is 0.247. The van der Waals surface area contributed by atoms with E-state index in [9.17, 15) is 0 Å². The molecule has 0 spiro atoms. The summed E-state index contributed by atoms with van der Waals surface area (Å²) in [5, 5.41) is 0. The molecule has 42 valence electrons. The largest absolute Gasteiger partial charge is 0.390 e. The molecule has 0 amide bonds. The van der Waals surface area contributed by atoms with Crippen LogP contribution in [0.15, 0.2) is 4.99 Å². The lowest BCUT2D eigenvalue weighted by molar-refractivity contribution is 1.17. The molecule has 7 heavy (non-hydrogen) atoms. The first-order chi connectivity index (χ1) is 3.06. The number of rotatable bonds is 0. The molecule has 5 heteroatoms. The highest BCUT2D eigenvalue weighted by Crippen LogP contribution is 2.26. The zero-order chi connectivity index (χ0) is 5.91. The van der Waals surface area contributed by atoms with E-state index in [0.717, 1.165) is 6.34 Å². The Balaban J connectivity index is 3.56. The van der Waals surface area contributed by atoms with E-state index in [4.69, 9.17) is 40.5 Å². The van der Waals surface area contributed by atoms with Gasteiger partial charge in [-0.2, -0.15) is 0 Å². The minimum absolute atomic E-state index is 0.938. The van der Waals surface area contributed by atoms with Crippen LogP contribution in [0.25, 0.3) is 0 Å². The fraction of sp³-hybridized carbons (Fsp3) is 0.500. The highest BCUT2D eigenvalue weighted by Gasteiger charge is 2.14. The maximum absolute atomic E-state index is 5.09. The topological polar surface area (TPSA) is 38.4 Å². The van der Waals surface area contributed by atoms with E-state index in [2.05, 4.69) is 4.99 Å². The average Bonchev–Trinajstić information content (AvgIpc) is 1.30. The van der Waals surface area contributed by atoms with E-state index in [1.807, 2.05) is 0 Å². The van der Waals surface area contributed by atoms with E-state index in [1.54, 1.807) is 0 Å². The van der Waals surface area contributed by atoms with Crippen LogP contribution < -0.4 is 5.73 Å². The van der Waals surface area contributed by atoms with Crippen LogP contribution in [0.3, 0.4) is 0 Å². The molecule has 0 aromatic rings. The minimum atomic E-state index is -1.59. The molecule has 0 aliphatic rings. The lowest BCUT2D eigenvalue weighted by atomic mass is 11.2. The Bertz CT molecular complexity index is 73.5. The van der Waals surface area contributed by atoms with Crippen LogP contribution in [0.5, 0.6) is 0 Å². The number of alkyl halides is 3. The minimum Gasteiger partial charge on any atom is -0.390 e. The highest BCUT2D eigenvalue weighted by molar-refractivity contribution is 6.67. The van der Waals surface area contributed by atoms with Gasteiger partial charge in [-0.1, -0.05) is 34.8 Å². The third-order valence-electron chi connectivity index (χ3n) is 0.221. The second kappa shape index (κ2) is 2.60. The Labute approximate surface area is 56.2 Å². The molecule has 0 radical (unpaired) electrons. The van der Waals surface area contributed by atoms with Gasteiger partial charge in [-0.15, -0.1) is 0 Å². The van der Waals surface area contributed by atoms with Gasteiger partial charge in [0.15, 0.2) is 0 Å². The molecule has 0 atom stereocenters. The van der Waals surface area contributed by atoms with Gasteiger partial charge in [0.25, 0.3) is 3.92 Å². The summed E-state index contributed by atoms with van der Waals surface area (Å²) >= 11 is 15.3. The Morgan fingerprint density at radius 3 is 1.86 bits per heavy atom. The fourth-order valence-corrected chi connectivity index (χ4v) is 0.254. The van der Waals surface area contributed by atoms with Gasteiger partial charge in [0.05, 0.1) is 6.34 Å². The van der Waals surface area contributed by atoms with Crippen molar-refractivity contribution in [2.75, 3.05) is 0 Å². The smallest absolute Gasteiger partial charge is 0.286 e. The van der Waals surface area contributed by atoms with Crippen molar-refractivity contribution in [2.45, 2.75) is 3.92 Å². The summed E-state index contributed by atoms with van der Waals surface area (Å²) in [6, 6.07) is 0. The lowest BCUT2D eigenvalue weighted by Crippen LogP contribution is -2.00. The molecular weight excluding hydrogens is 158 g/mol. The first kappa shape index (κ1) is 7.34. The monoisotopic (exact) mass is 160 g/mol. The van der Waals surface area contributed by atoms with Gasteiger partial charge in [0.2, 0.25) is 0 Å². The summed E-state index contributed by atoms with van der Waals surface area (Å²) in [4.78, 5) is 3.21. The molecule has 0 bridgehead atoms. The van der Waals surface area contributed by atoms with Gasteiger partial charge in [-0.3, -0.25) is 0 Å². The third-order valence-corrected chi connectivity index (χ3v) is 0.514. The molecule has 0 saturated heterocycles. The van der Waals surface area contributed by atoms with Crippen molar-refractivity contribution in [1.82, 2.24) is 0 Å². The average molecular weight is 161 g/mol. The van der Waals surface area contributed by atoms with Gasteiger partial charge in [-0.05, 0) is 0 Å². The van der Waals surface area contributed by atoms with Gasteiger partial charge in [-0.25, -0.2) is 4.99 Å². The molecule has 2 N–H and O–H groups in total. The normalized spacial score (nSPS) is 13.0. The first-order valence-corrected chi connectivity index (χ1v) is 2.52. The van der Waals surface area contributed by atoms with E-state index in [-0.39, 0.29) is 0 Å². The number of nitrogens with two attached hydrogens (primary N) is 1. The number of aliphatic imine (C=N–C) groups is 1.